The van der Waals surface area contributed by atoms with E-state index in [1.165, 1.54) is 23.9 Å². The minimum absolute atomic E-state index is 0.226. The van der Waals surface area contributed by atoms with Crippen LogP contribution in [0.3, 0.4) is 0 Å². The zero-order valence-corrected chi connectivity index (χ0v) is 7.64. The van der Waals surface area contributed by atoms with E-state index in [0.717, 1.165) is 4.90 Å². The highest BCUT2D eigenvalue weighted by atomic mass is 32.2. The Labute approximate surface area is 75.6 Å². The first-order valence-corrected chi connectivity index (χ1v) is 4.73. The van der Waals surface area contributed by atoms with E-state index in [-0.39, 0.29) is 11.9 Å². The Morgan fingerprint density at radius 2 is 2.00 bits per heavy atom. The molecule has 1 aromatic carbocycles. The minimum atomic E-state index is -0.319. The summed E-state index contributed by atoms with van der Waals surface area (Å²) in [5.41, 5.74) is 0. The van der Waals surface area contributed by atoms with Crippen molar-refractivity contribution in [2.24, 2.45) is 0 Å². The molecule has 0 aliphatic heterocycles. The molecule has 0 fully saturated rings. The lowest BCUT2D eigenvalue weighted by Gasteiger charge is -2.02. The molecule has 0 amide bonds. The van der Waals surface area contributed by atoms with E-state index in [4.69, 9.17) is 5.11 Å². The highest BCUT2D eigenvalue weighted by Crippen LogP contribution is 2.18. The summed E-state index contributed by atoms with van der Waals surface area (Å²) in [5, 5.41) is 8.97. The molecule has 3 heteroatoms. The van der Waals surface area contributed by atoms with Gasteiger partial charge in [-0.15, -0.1) is 11.8 Å². The maximum Gasteiger partial charge on any atom is 0.123 e. The molecule has 0 unspecified atom stereocenters. The molecular weight excluding hydrogens is 175 g/mol. The predicted molar refractivity (Wildman–Crippen MR) is 48.8 cm³/mol. The third kappa shape index (κ3) is 3.24. The van der Waals surface area contributed by atoms with Crippen LogP contribution in [0.25, 0.3) is 0 Å². The number of aliphatic hydroxyl groups is 1. The van der Waals surface area contributed by atoms with Crippen molar-refractivity contribution in [2.45, 2.75) is 17.9 Å². The molecule has 0 bridgehead atoms. The molecule has 0 saturated carbocycles. The van der Waals surface area contributed by atoms with Crippen LogP contribution in [0, 0.1) is 5.82 Å². The molecule has 0 aliphatic rings. The molecule has 0 heterocycles. The Bertz CT molecular complexity index is 233. The third-order valence-corrected chi connectivity index (χ3v) is 2.56. The van der Waals surface area contributed by atoms with Crippen LogP contribution in [0.15, 0.2) is 29.2 Å². The molecule has 0 spiro atoms. The van der Waals surface area contributed by atoms with Crippen molar-refractivity contribution in [3.8, 4) is 0 Å². The van der Waals surface area contributed by atoms with Gasteiger partial charge < -0.3 is 5.11 Å². The maximum absolute atomic E-state index is 12.4. The molecule has 1 rings (SSSR count). The summed E-state index contributed by atoms with van der Waals surface area (Å²) in [6, 6.07) is 6.26. The Morgan fingerprint density at radius 1 is 1.42 bits per heavy atom. The summed E-state index contributed by atoms with van der Waals surface area (Å²) in [6.45, 7) is 1.73. The van der Waals surface area contributed by atoms with Crippen LogP contribution in [0.1, 0.15) is 6.92 Å². The van der Waals surface area contributed by atoms with Gasteiger partial charge in [0.05, 0.1) is 6.10 Å². The van der Waals surface area contributed by atoms with Crippen LogP contribution < -0.4 is 0 Å². The van der Waals surface area contributed by atoms with Crippen LogP contribution in [0.4, 0.5) is 4.39 Å². The Morgan fingerprint density at radius 3 is 2.50 bits per heavy atom. The molecule has 66 valence electrons. The quantitative estimate of drug-likeness (QED) is 0.731. The van der Waals surface area contributed by atoms with Gasteiger partial charge in [-0.2, -0.15) is 0 Å². The fourth-order valence-corrected chi connectivity index (χ4v) is 1.51. The molecule has 0 aromatic heterocycles. The number of thioether (sulfide) groups is 1. The van der Waals surface area contributed by atoms with E-state index < -0.39 is 0 Å². The van der Waals surface area contributed by atoms with E-state index in [0.29, 0.717) is 5.75 Å². The highest BCUT2D eigenvalue weighted by Gasteiger charge is 1.98. The zero-order valence-electron chi connectivity index (χ0n) is 6.83. The van der Waals surface area contributed by atoms with Gasteiger partial charge in [-0.1, -0.05) is 0 Å². The normalized spacial score (nSPS) is 12.9. The molecule has 1 aromatic rings. The van der Waals surface area contributed by atoms with Gasteiger partial charge in [-0.05, 0) is 31.2 Å². The second-order valence-corrected chi connectivity index (χ2v) is 3.71. The van der Waals surface area contributed by atoms with Gasteiger partial charge >= 0.3 is 0 Å². The van der Waals surface area contributed by atoms with Crippen molar-refractivity contribution in [2.75, 3.05) is 5.75 Å². The van der Waals surface area contributed by atoms with Gasteiger partial charge in [0.25, 0.3) is 0 Å². The van der Waals surface area contributed by atoms with Crippen LogP contribution >= 0.6 is 11.8 Å². The van der Waals surface area contributed by atoms with E-state index in [2.05, 4.69) is 0 Å². The number of benzene rings is 1. The van der Waals surface area contributed by atoms with Crippen molar-refractivity contribution in [3.63, 3.8) is 0 Å². The topological polar surface area (TPSA) is 20.2 Å². The van der Waals surface area contributed by atoms with E-state index >= 15 is 0 Å². The fraction of sp³-hybridized carbons (Fsp3) is 0.333. The zero-order chi connectivity index (χ0) is 8.97. The van der Waals surface area contributed by atoms with Crippen LogP contribution in [-0.4, -0.2) is 17.0 Å². The van der Waals surface area contributed by atoms with Crippen LogP contribution in [-0.2, 0) is 0 Å². The van der Waals surface area contributed by atoms with Crippen LogP contribution in [0.2, 0.25) is 0 Å². The summed E-state index contributed by atoms with van der Waals surface area (Å²) in [7, 11) is 0. The Hall–Kier alpha value is -0.540. The summed E-state index contributed by atoms with van der Waals surface area (Å²) in [5.74, 6) is 0.419. The van der Waals surface area contributed by atoms with Crippen molar-refractivity contribution in [1.29, 1.82) is 0 Å². The van der Waals surface area contributed by atoms with Crippen LogP contribution in [0.5, 0.6) is 0 Å². The number of aliphatic hydroxyl groups excluding tert-OH is 1. The molecule has 1 atom stereocenters. The molecular formula is C9H11FOS. The summed E-state index contributed by atoms with van der Waals surface area (Å²) >= 11 is 1.52. The minimum Gasteiger partial charge on any atom is -0.393 e. The summed E-state index contributed by atoms with van der Waals surface area (Å²) in [6.07, 6.45) is -0.319. The lowest BCUT2D eigenvalue weighted by Crippen LogP contribution is -2.01. The SMILES string of the molecule is C[C@H](O)CSc1ccc(F)cc1. The monoisotopic (exact) mass is 186 g/mol. The first-order chi connectivity index (χ1) is 5.68. The average molecular weight is 186 g/mol. The Balaban J connectivity index is 2.48. The fourth-order valence-electron chi connectivity index (χ4n) is 0.748. The lowest BCUT2D eigenvalue weighted by atomic mass is 10.4. The van der Waals surface area contributed by atoms with Crippen molar-refractivity contribution >= 4 is 11.8 Å². The van der Waals surface area contributed by atoms with Gasteiger partial charge in [0.2, 0.25) is 0 Å². The largest absolute Gasteiger partial charge is 0.393 e. The Kier molecular flexibility index (Phi) is 3.56. The number of halogens is 1. The number of hydrogen-bond acceptors (Lipinski definition) is 2. The smallest absolute Gasteiger partial charge is 0.123 e. The molecule has 0 saturated heterocycles. The lowest BCUT2D eigenvalue weighted by molar-refractivity contribution is 0.220. The van der Waals surface area contributed by atoms with Crippen molar-refractivity contribution in [1.82, 2.24) is 0 Å². The van der Waals surface area contributed by atoms with Gasteiger partial charge in [-0.25, -0.2) is 4.39 Å². The second-order valence-electron chi connectivity index (χ2n) is 2.61. The van der Waals surface area contributed by atoms with Gasteiger partial charge in [0.1, 0.15) is 5.82 Å². The molecule has 0 radical (unpaired) electrons. The molecule has 1 N–H and O–H groups in total. The maximum atomic E-state index is 12.4. The average Bonchev–Trinajstić information content (AvgIpc) is 2.03. The predicted octanol–water partition coefficient (Wildman–Crippen LogP) is 2.30. The highest BCUT2D eigenvalue weighted by molar-refractivity contribution is 7.99. The number of rotatable bonds is 3. The van der Waals surface area contributed by atoms with Gasteiger partial charge in [0.15, 0.2) is 0 Å². The summed E-state index contributed by atoms with van der Waals surface area (Å²) in [4.78, 5) is 0.984. The molecule has 1 nitrogen and oxygen atoms in total. The van der Waals surface area contributed by atoms with Crippen molar-refractivity contribution in [3.05, 3.63) is 30.1 Å². The van der Waals surface area contributed by atoms with Crippen molar-refractivity contribution < 1.29 is 9.50 Å². The van der Waals surface area contributed by atoms with E-state index in [1.54, 1.807) is 19.1 Å². The standard InChI is InChI=1S/C9H11FOS/c1-7(11)6-12-9-4-2-8(10)3-5-9/h2-5,7,11H,6H2,1H3/t7-/m0/s1. The first-order valence-electron chi connectivity index (χ1n) is 3.75. The third-order valence-electron chi connectivity index (χ3n) is 1.30. The summed E-state index contributed by atoms with van der Waals surface area (Å²) < 4.78 is 12.4. The molecule has 12 heavy (non-hydrogen) atoms. The van der Waals surface area contributed by atoms with E-state index in [1.807, 2.05) is 0 Å². The first kappa shape index (κ1) is 9.55. The second kappa shape index (κ2) is 4.48. The van der Waals surface area contributed by atoms with Gasteiger partial charge in [0, 0.05) is 10.6 Å². The van der Waals surface area contributed by atoms with E-state index in [9.17, 15) is 4.39 Å². The number of hydrogen-bond donors (Lipinski definition) is 1. The molecule has 0 aliphatic carbocycles. The van der Waals surface area contributed by atoms with Gasteiger partial charge in [-0.3, -0.25) is 0 Å².